The Bertz CT molecular complexity index is 2130. The Morgan fingerprint density at radius 3 is 1.75 bits per heavy atom. The van der Waals surface area contributed by atoms with Gasteiger partial charge < -0.3 is 63.5 Å². The van der Waals surface area contributed by atoms with Gasteiger partial charge in [-0.15, -0.1) is 0 Å². The number of aliphatic hydroxyl groups is 1. The number of carbonyl (C=O) groups is 7. The molecule has 19 heteroatoms. The van der Waals surface area contributed by atoms with E-state index in [2.05, 4.69) is 31.6 Å². The lowest BCUT2D eigenvalue weighted by atomic mass is 10.0. The van der Waals surface area contributed by atoms with Crippen LogP contribution in [0, 0.1) is 0 Å². The zero-order valence-corrected chi connectivity index (χ0v) is 33.2. The van der Waals surface area contributed by atoms with E-state index >= 15 is 0 Å². The molecule has 1 aromatic heterocycles. The van der Waals surface area contributed by atoms with Crippen molar-refractivity contribution in [2.24, 2.45) is 11.5 Å². The Labute approximate surface area is 350 Å². The predicted octanol–water partition coefficient (Wildman–Crippen LogP) is -0.667. The summed E-state index contributed by atoms with van der Waals surface area (Å²) in [5.41, 5.74) is 13.8. The van der Waals surface area contributed by atoms with E-state index in [0.29, 0.717) is 47.0 Å². The van der Waals surface area contributed by atoms with Crippen molar-refractivity contribution in [2.75, 3.05) is 13.2 Å². The van der Waals surface area contributed by atoms with Gasteiger partial charge in [0.05, 0.1) is 19.1 Å². The average molecular weight is 845 g/mol. The number of aromatic hydroxyl groups is 1. The van der Waals surface area contributed by atoms with Crippen molar-refractivity contribution in [3.05, 3.63) is 102 Å². The number of para-hydroxylation sites is 1. The molecule has 0 unspecified atom stereocenters. The minimum atomic E-state index is -1.71. The number of aliphatic carboxylic acids is 2. The number of phenols is 1. The lowest BCUT2D eigenvalue weighted by Gasteiger charge is -2.26. The number of phenolic OH excluding ortho intramolecular Hbond substituents is 1. The monoisotopic (exact) mass is 844 g/mol. The molecule has 19 nitrogen and oxygen atoms in total. The average Bonchev–Trinajstić information content (AvgIpc) is 3.64. The Balaban J connectivity index is 1.56. The summed E-state index contributed by atoms with van der Waals surface area (Å²) in [6, 6.07) is 12.4. The molecule has 1 heterocycles. The number of nitrogens with two attached hydrogens (primary N) is 2. The third-order valence-corrected chi connectivity index (χ3v) is 9.77. The molecule has 0 saturated carbocycles. The first kappa shape index (κ1) is 46.9. The second kappa shape index (κ2) is 23.1. The summed E-state index contributed by atoms with van der Waals surface area (Å²) in [7, 11) is 0. The van der Waals surface area contributed by atoms with Crippen LogP contribution in [0.2, 0.25) is 0 Å². The Morgan fingerprint density at radius 1 is 0.607 bits per heavy atom. The van der Waals surface area contributed by atoms with Gasteiger partial charge >= 0.3 is 11.9 Å². The van der Waals surface area contributed by atoms with Gasteiger partial charge in [-0.05, 0) is 54.3 Å². The number of benzene rings is 3. The molecular weight excluding hydrogens is 793 g/mol. The highest BCUT2D eigenvalue weighted by atomic mass is 16.4. The number of aliphatic hydroxyl groups excluding tert-OH is 1. The summed E-state index contributed by atoms with van der Waals surface area (Å²) < 4.78 is 0. The van der Waals surface area contributed by atoms with Crippen LogP contribution in [0.5, 0.6) is 5.75 Å². The lowest BCUT2D eigenvalue weighted by molar-refractivity contribution is -0.142. The molecule has 0 spiro atoms. The number of aromatic nitrogens is 1. The number of rotatable bonds is 24. The first-order valence-electron chi connectivity index (χ1n) is 19.6. The summed E-state index contributed by atoms with van der Waals surface area (Å²) in [6.07, 6.45) is 1.56. The van der Waals surface area contributed by atoms with Crippen molar-refractivity contribution in [3.8, 4) is 5.75 Å². The first-order valence-corrected chi connectivity index (χ1v) is 19.6. The molecule has 0 radical (unpaired) electrons. The van der Waals surface area contributed by atoms with Crippen LogP contribution in [0.4, 0.5) is 0 Å². The number of aromatic amines is 1. The highest BCUT2D eigenvalue weighted by Crippen LogP contribution is 2.20. The van der Waals surface area contributed by atoms with Gasteiger partial charge in [0.2, 0.25) is 29.5 Å². The van der Waals surface area contributed by atoms with Gasteiger partial charge in [0.25, 0.3) is 0 Å². The molecule has 5 amide bonds. The number of carboxylic acids is 2. The minimum absolute atomic E-state index is 0.0381. The summed E-state index contributed by atoms with van der Waals surface area (Å²) in [5.74, 6) is -7.59. The van der Waals surface area contributed by atoms with Crippen molar-refractivity contribution in [1.82, 2.24) is 31.6 Å². The van der Waals surface area contributed by atoms with Crippen LogP contribution in [-0.2, 0) is 52.8 Å². The van der Waals surface area contributed by atoms with E-state index in [-0.39, 0.29) is 31.4 Å². The van der Waals surface area contributed by atoms with E-state index in [0.717, 1.165) is 0 Å². The van der Waals surface area contributed by atoms with Gasteiger partial charge in [0.15, 0.2) is 0 Å². The maximum absolute atomic E-state index is 14.0. The number of hydrogen-bond acceptors (Lipinski definition) is 11. The smallest absolute Gasteiger partial charge is 0.326 e. The van der Waals surface area contributed by atoms with Crippen LogP contribution in [0.1, 0.15) is 42.4 Å². The van der Waals surface area contributed by atoms with Gasteiger partial charge in [0.1, 0.15) is 36.0 Å². The van der Waals surface area contributed by atoms with Gasteiger partial charge in [-0.1, -0.05) is 67.1 Å². The summed E-state index contributed by atoms with van der Waals surface area (Å²) in [6.45, 7) is -0.611. The van der Waals surface area contributed by atoms with Crippen molar-refractivity contribution in [3.63, 3.8) is 0 Å². The SMILES string of the molecule is NCCCC[C@H](N)C(=O)N[C@@H](CC(=O)O)C(=O)N[C@@H](Cc1c[nH]c2ccccc12)C(=O)N[C@@H](CO)C(=O)N[C@@H](Cc1ccccc1)C(=O)N[C@@H](Cc1ccc(O)cc1)C(=O)O. The maximum atomic E-state index is 14.0. The number of carboxylic acid groups (broad SMARTS) is 2. The molecule has 14 N–H and O–H groups in total. The molecule has 4 rings (SSSR count). The van der Waals surface area contributed by atoms with Crippen molar-refractivity contribution >= 4 is 52.4 Å². The van der Waals surface area contributed by atoms with Crippen molar-refractivity contribution in [2.45, 2.75) is 81.2 Å². The maximum Gasteiger partial charge on any atom is 0.326 e. The van der Waals surface area contributed by atoms with Gasteiger partial charge in [0, 0.05) is 36.4 Å². The normalized spacial score (nSPS) is 14.0. The van der Waals surface area contributed by atoms with E-state index in [1.165, 1.54) is 24.3 Å². The molecule has 61 heavy (non-hydrogen) atoms. The molecular formula is C42H52N8O11. The quantitative estimate of drug-likeness (QED) is 0.0390. The van der Waals surface area contributed by atoms with Crippen LogP contribution in [-0.4, -0.2) is 116 Å². The largest absolute Gasteiger partial charge is 0.508 e. The van der Waals surface area contributed by atoms with Crippen LogP contribution in [0.15, 0.2) is 85.1 Å². The fraction of sp³-hybridized carbons (Fsp3) is 0.357. The highest BCUT2D eigenvalue weighted by molar-refractivity contribution is 5.98. The molecule has 0 aliphatic carbocycles. The molecule has 0 saturated heterocycles. The fourth-order valence-electron chi connectivity index (χ4n) is 6.44. The Hall–Kier alpha value is -6.83. The molecule has 0 aliphatic rings. The van der Waals surface area contributed by atoms with Crippen LogP contribution >= 0.6 is 0 Å². The molecule has 6 atom stereocenters. The van der Waals surface area contributed by atoms with E-state index in [4.69, 9.17) is 11.5 Å². The van der Waals surface area contributed by atoms with E-state index in [1.807, 2.05) is 0 Å². The number of amides is 5. The third-order valence-electron chi connectivity index (χ3n) is 9.77. The fourth-order valence-corrected chi connectivity index (χ4v) is 6.44. The van der Waals surface area contributed by atoms with Crippen LogP contribution in [0.25, 0.3) is 10.9 Å². The second-order valence-electron chi connectivity index (χ2n) is 14.4. The van der Waals surface area contributed by atoms with Gasteiger partial charge in [-0.25, -0.2) is 4.79 Å². The number of carbonyl (C=O) groups excluding carboxylic acids is 5. The van der Waals surface area contributed by atoms with E-state index < -0.39 is 90.8 Å². The number of nitrogens with one attached hydrogen (secondary N) is 6. The summed E-state index contributed by atoms with van der Waals surface area (Å²) >= 11 is 0. The first-order chi connectivity index (χ1) is 29.2. The van der Waals surface area contributed by atoms with E-state index in [1.54, 1.807) is 60.8 Å². The predicted molar refractivity (Wildman–Crippen MR) is 221 cm³/mol. The van der Waals surface area contributed by atoms with Crippen LogP contribution < -0.4 is 38.1 Å². The summed E-state index contributed by atoms with van der Waals surface area (Å²) in [5, 5.41) is 52.4. The molecule has 4 aromatic rings. The van der Waals surface area contributed by atoms with Crippen molar-refractivity contribution in [1.29, 1.82) is 0 Å². The second-order valence-corrected chi connectivity index (χ2v) is 14.4. The van der Waals surface area contributed by atoms with Gasteiger partial charge in [-0.3, -0.25) is 28.8 Å². The minimum Gasteiger partial charge on any atom is -0.508 e. The number of unbranched alkanes of at least 4 members (excludes halogenated alkanes) is 1. The zero-order valence-electron chi connectivity index (χ0n) is 33.2. The number of H-pyrrole nitrogens is 1. The summed E-state index contributed by atoms with van der Waals surface area (Å²) in [4.78, 5) is 95.2. The Morgan fingerprint density at radius 2 is 1.13 bits per heavy atom. The lowest BCUT2D eigenvalue weighted by Crippen LogP contribution is -2.60. The van der Waals surface area contributed by atoms with Gasteiger partial charge in [-0.2, -0.15) is 0 Å². The molecule has 3 aromatic carbocycles. The van der Waals surface area contributed by atoms with Crippen molar-refractivity contribution < 1.29 is 54.0 Å². The van der Waals surface area contributed by atoms with Crippen LogP contribution in [0.3, 0.4) is 0 Å². The Kier molecular flexibility index (Phi) is 17.7. The third kappa shape index (κ3) is 14.4. The number of fused-ring (bicyclic) bond motifs is 1. The molecule has 0 aliphatic heterocycles. The molecule has 0 bridgehead atoms. The zero-order chi connectivity index (χ0) is 44.5. The topological polar surface area (TPSA) is 328 Å². The standard InChI is InChI=1S/C42H52N8O11/c43-17-7-6-11-29(44)37(55)46-33(21-36(53)54)40(58)48-32(20-26-22-45-30-12-5-4-10-28(26)30)39(57)50-35(23-51)41(59)47-31(18-24-8-2-1-3-9-24)38(56)49-34(42(60)61)19-25-13-15-27(52)16-14-25/h1-5,8-10,12-16,22,29,31-35,45,51-52H,6-7,11,17-21,23,43-44H2,(H,46,55)(H,47,59)(H,48,58)(H,49,56)(H,50,57)(H,53,54)(H,60,61)/t29-,31-,32-,33-,34-,35-/m0/s1. The molecule has 0 fully saturated rings. The molecule has 326 valence electrons. The highest BCUT2D eigenvalue weighted by Gasteiger charge is 2.34. The van der Waals surface area contributed by atoms with E-state index in [9.17, 15) is 54.0 Å². The number of hydrogen-bond donors (Lipinski definition) is 12.